The number of hydrogen-bond donors (Lipinski definition) is 1. The summed E-state index contributed by atoms with van der Waals surface area (Å²) < 4.78 is 1.33. The molecule has 142 valence electrons. The van der Waals surface area contributed by atoms with E-state index >= 15 is 0 Å². The van der Waals surface area contributed by atoms with Gasteiger partial charge in [0.1, 0.15) is 5.82 Å². The van der Waals surface area contributed by atoms with Gasteiger partial charge in [-0.15, -0.1) is 0 Å². The highest BCUT2D eigenvalue weighted by Gasteiger charge is 2.34. The van der Waals surface area contributed by atoms with E-state index in [9.17, 15) is 14.4 Å². The normalized spacial score (nSPS) is 22.2. The lowest BCUT2D eigenvalue weighted by molar-refractivity contribution is -0.143. The standard InChI is InChI=1S/C18H22N6O3/c1-11-10-14(20-16(26)17(27)23-8-3-2-4-9-23)24(22-11)18-19-13-7-5-6-12(13)15(25)21-18/h10,12H,2-9H2,1H3,(H,20,26). The van der Waals surface area contributed by atoms with E-state index in [1.807, 2.05) is 0 Å². The van der Waals surface area contributed by atoms with Crippen molar-refractivity contribution in [3.05, 3.63) is 11.8 Å². The minimum absolute atomic E-state index is 0.141. The van der Waals surface area contributed by atoms with E-state index in [1.165, 1.54) is 4.68 Å². The number of hydrogen-bond acceptors (Lipinski definition) is 5. The highest BCUT2D eigenvalue weighted by molar-refractivity contribution is 6.39. The predicted molar refractivity (Wildman–Crippen MR) is 98.6 cm³/mol. The van der Waals surface area contributed by atoms with Gasteiger partial charge in [0.25, 0.3) is 11.9 Å². The van der Waals surface area contributed by atoms with Crippen LogP contribution in [0.2, 0.25) is 0 Å². The first-order chi connectivity index (χ1) is 13.0. The molecule has 0 bridgehead atoms. The average Bonchev–Trinajstić information content (AvgIpc) is 3.28. The number of piperidine rings is 1. The summed E-state index contributed by atoms with van der Waals surface area (Å²) in [5.41, 5.74) is 1.44. The molecule has 1 aromatic heterocycles. The molecular weight excluding hydrogens is 348 g/mol. The van der Waals surface area contributed by atoms with Crippen LogP contribution in [0.3, 0.4) is 0 Å². The smallest absolute Gasteiger partial charge is 0.315 e. The zero-order valence-corrected chi connectivity index (χ0v) is 15.3. The number of fused-ring (bicyclic) bond motifs is 1. The maximum Gasteiger partial charge on any atom is 0.315 e. The molecule has 27 heavy (non-hydrogen) atoms. The topological polar surface area (TPSA) is 109 Å². The largest absolute Gasteiger partial charge is 0.334 e. The first-order valence-corrected chi connectivity index (χ1v) is 9.40. The minimum Gasteiger partial charge on any atom is -0.334 e. The van der Waals surface area contributed by atoms with Crippen LogP contribution >= 0.6 is 0 Å². The third kappa shape index (κ3) is 3.41. The molecule has 1 aromatic rings. The number of rotatable bonds is 1. The van der Waals surface area contributed by atoms with Gasteiger partial charge in [-0.2, -0.15) is 14.8 Å². The van der Waals surface area contributed by atoms with Gasteiger partial charge in [-0.3, -0.25) is 14.4 Å². The monoisotopic (exact) mass is 370 g/mol. The quantitative estimate of drug-likeness (QED) is 0.747. The third-order valence-corrected chi connectivity index (χ3v) is 5.18. The number of nitrogens with zero attached hydrogens (tertiary/aromatic N) is 5. The lowest BCUT2D eigenvalue weighted by Gasteiger charge is -2.25. The van der Waals surface area contributed by atoms with Crippen molar-refractivity contribution in [3.8, 4) is 0 Å². The number of carbonyl (C=O) groups is 3. The fourth-order valence-corrected chi connectivity index (χ4v) is 3.80. The molecule has 9 nitrogen and oxygen atoms in total. The van der Waals surface area contributed by atoms with Crippen molar-refractivity contribution in [1.82, 2.24) is 14.7 Å². The Morgan fingerprint density at radius 3 is 2.70 bits per heavy atom. The van der Waals surface area contributed by atoms with Crippen LogP contribution in [-0.4, -0.2) is 57.2 Å². The molecule has 2 aliphatic heterocycles. The fraction of sp³-hybridized carbons (Fsp3) is 0.556. The number of aryl methyl sites for hydroxylation is 1. The van der Waals surface area contributed by atoms with Crippen LogP contribution in [0.15, 0.2) is 16.1 Å². The molecular formula is C18H22N6O3. The molecule has 9 heteroatoms. The van der Waals surface area contributed by atoms with Gasteiger partial charge < -0.3 is 10.2 Å². The van der Waals surface area contributed by atoms with E-state index in [4.69, 9.17) is 0 Å². The van der Waals surface area contributed by atoms with Gasteiger partial charge in [0.2, 0.25) is 0 Å². The highest BCUT2D eigenvalue weighted by Crippen LogP contribution is 2.27. The fourth-order valence-electron chi connectivity index (χ4n) is 3.80. The van der Waals surface area contributed by atoms with Gasteiger partial charge in [-0.25, -0.2) is 4.99 Å². The Labute approximate surface area is 156 Å². The van der Waals surface area contributed by atoms with E-state index in [0.29, 0.717) is 18.8 Å². The maximum atomic E-state index is 12.4. The van der Waals surface area contributed by atoms with Gasteiger partial charge in [-0.1, -0.05) is 0 Å². The minimum atomic E-state index is -0.716. The SMILES string of the molecule is Cc1cc(NC(=O)C(=O)N2CCCCC2)n(C2=NC(=O)C3CCCC3=N2)n1. The maximum absolute atomic E-state index is 12.4. The third-order valence-electron chi connectivity index (χ3n) is 5.18. The second kappa shape index (κ2) is 7.05. The van der Waals surface area contributed by atoms with Gasteiger partial charge in [0.05, 0.1) is 11.6 Å². The molecule has 1 saturated carbocycles. The molecule has 2 fully saturated rings. The highest BCUT2D eigenvalue weighted by atomic mass is 16.2. The van der Waals surface area contributed by atoms with Crippen LogP contribution in [0.1, 0.15) is 44.2 Å². The van der Waals surface area contributed by atoms with Gasteiger partial charge in [-0.05, 0) is 45.4 Å². The van der Waals surface area contributed by atoms with Crippen molar-refractivity contribution in [2.75, 3.05) is 18.4 Å². The van der Waals surface area contributed by atoms with Crippen LogP contribution in [-0.2, 0) is 14.4 Å². The molecule has 1 N–H and O–H groups in total. The summed E-state index contributed by atoms with van der Waals surface area (Å²) in [7, 11) is 0. The van der Waals surface area contributed by atoms with Gasteiger partial charge >= 0.3 is 11.8 Å². The van der Waals surface area contributed by atoms with E-state index in [0.717, 1.165) is 44.2 Å². The molecule has 1 saturated heterocycles. The van der Waals surface area contributed by atoms with Crippen molar-refractivity contribution >= 4 is 35.2 Å². The number of aromatic nitrogens is 2. The van der Waals surface area contributed by atoms with Crippen LogP contribution < -0.4 is 5.32 Å². The average molecular weight is 370 g/mol. The summed E-state index contributed by atoms with van der Waals surface area (Å²) in [4.78, 5) is 47.1. The first-order valence-electron chi connectivity index (χ1n) is 9.40. The molecule has 1 unspecified atom stereocenters. The van der Waals surface area contributed by atoms with Gasteiger partial charge in [0, 0.05) is 24.9 Å². The predicted octanol–water partition coefficient (Wildman–Crippen LogP) is 1.13. The molecule has 0 spiro atoms. The summed E-state index contributed by atoms with van der Waals surface area (Å²) in [6.45, 7) is 2.96. The van der Waals surface area contributed by atoms with Crippen LogP contribution in [0.4, 0.5) is 5.82 Å². The van der Waals surface area contributed by atoms with E-state index < -0.39 is 11.8 Å². The number of amides is 3. The summed E-state index contributed by atoms with van der Waals surface area (Å²) in [5.74, 6) is -1.28. The number of aliphatic imine (C=N–C) groups is 2. The van der Waals surface area contributed by atoms with Crippen LogP contribution in [0, 0.1) is 12.8 Å². The Kier molecular flexibility index (Phi) is 4.59. The van der Waals surface area contributed by atoms with E-state index in [2.05, 4.69) is 20.4 Å². The second-order valence-corrected chi connectivity index (χ2v) is 7.19. The lowest BCUT2D eigenvalue weighted by Crippen LogP contribution is -2.42. The molecule has 4 rings (SSSR count). The van der Waals surface area contributed by atoms with E-state index in [-0.39, 0.29) is 23.6 Å². The van der Waals surface area contributed by atoms with Crippen LogP contribution in [0.25, 0.3) is 0 Å². The van der Waals surface area contributed by atoms with Crippen molar-refractivity contribution in [2.45, 2.75) is 45.4 Å². The number of likely N-dealkylation sites (tertiary alicyclic amines) is 1. The Balaban J connectivity index is 1.56. The Morgan fingerprint density at radius 2 is 1.93 bits per heavy atom. The van der Waals surface area contributed by atoms with Crippen molar-refractivity contribution in [2.24, 2.45) is 15.9 Å². The second-order valence-electron chi connectivity index (χ2n) is 7.19. The first kappa shape index (κ1) is 17.6. The van der Waals surface area contributed by atoms with Gasteiger partial charge in [0.15, 0.2) is 0 Å². The number of carbonyl (C=O) groups excluding carboxylic acids is 3. The molecule has 3 amide bonds. The molecule has 1 aliphatic carbocycles. The molecule has 0 radical (unpaired) electrons. The summed E-state index contributed by atoms with van der Waals surface area (Å²) in [6, 6.07) is 1.63. The molecule has 1 atom stereocenters. The zero-order chi connectivity index (χ0) is 19.0. The molecule has 3 heterocycles. The summed E-state index contributed by atoms with van der Waals surface area (Å²) in [5, 5.41) is 6.90. The van der Waals surface area contributed by atoms with Crippen molar-refractivity contribution < 1.29 is 14.4 Å². The summed E-state index contributed by atoms with van der Waals surface area (Å²) >= 11 is 0. The van der Waals surface area contributed by atoms with E-state index in [1.54, 1.807) is 17.9 Å². The van der Waals surface area contributed by atoms with Crippen molar-refractivity contribution in [1.29, 1.82) is 0 Å². The van der Waals surface area contributed by atoms with Crippen LogP contribution in [0.5, 0.6) is 0 Å². The number of anilines is 1. The molecule has 3 aliphatic rings. The number of nitrogens with one attached hydrogen (secondary N) is 1. The Hall–Kier alpha value is -2.84. The lowest BCUT2D eigenvalue weighted by atomic mass is 10.1. The molecule has 0 aromatic carbocycles. The zero-order valence-electron chi connectivity index (χ0n) is 15.3. The summed E-state index contributed by atoms with van der Waals surface area (Å²) in [6.07, 6.45) is 5.36. The Morgan fingerprint density at radius 1 is 1.15 bits per heavy atom. The van der Waals surface area contributed by atoms with Crippen molar-refractivity contribution in [3.63, 3.8) is 0 Å². The Bertz CT molecular complexity index is 862.